The third kappa shape index (κ3) is 5.56. The van der Waals surface area contributed by atoms with Crippen LogP contribution in [0, 0.1) is 6.92 Å². The minimum Gasteiger partial charge on any atom is -0.349 e. The molecule has 2 heterocycles. The molecule has 3 rings (SSSR count). The number of nitrogens with zero attached hydrogens (tertiary/aromatic N) is 4. The summed E-state index contributed by atoms with van der Waals surface area (Å²) >= 11 is 0. The standard InChI is InChI=1S/C23H37N5O2/c1-4-27(5-2)21(29)16-28-14-10-9-13-20(28)22-19(15-24-17(3)25-22)23(30)26-18-11-7-6-8-12-18/h15,18,20H,4-14,16H2,1-3H3,(H,26,30)/t20-/m1/s1. The van der Waals surface area contributed by atoms with Gasteiger partial charge in [0.25, 0.3) is 5.91 Å². The first-order chi connectivity index (χ1) is 14.5. The van der Waals surface area contributed by atoms with Crippen LogP contribution in [0.15, 0.2) is 6.20 Å². The summed E-state index contributed by atoms with van der Waals surface area (Å²) in [7, 11) is 0. The van der Waals surface area contributed by atoms with Gasteiger partial charge < -0.3 is 10.2 Å². The Hall–Kier alpha value is -2.02. The molecule has 1 aromatic heterocycles. The lowest BCUT2D eigenvalue weighted by molar-refractivity contribution is -0.133. The minimum atomic E-state index is -0.0718. The second-order valence-electron chi connectivity index (χ2n) is 8.57. The van der Waals surface area contributed by atoms with Crippen molar-refractivity contribution >= 4 is 11.8 Å². The lowest BCUT2D eigenvalue weighted by Crippen LogP contribution is -2.44. The average molecular weight is 416 g/mol. The summed E-state index contributed by atoms with van der Waals surface area (Å²) in [5.74, 6) is 0.739. The highest BCUT2D eigenvalue weighted by Crippen LogP contribution is 2.32. The zero-order chi connectivity index (χ0) is 21.5. The number of nitrogens with one attached hydrogen (secondary N) is 1. The first-order valence-corrected chi connectivity index (χ1v) is 11.7. The molecule has 166 valence electrons. The average Bonchev–Trinajstić information content (AvgIpc) is 2.75. The van der Waals surface area contributed by atoms with Crippen molar-refractivity contribution in [2.75, 3.05) is 26.2 Å². The summed E-state index contributed by atoms with van der Waals surface area (Å²) < 4.78 is 0. The zero-order valence-electron chi connectivity index (χ0n) is 18.8. The second kappa shape index (κ2) is 10.8. The van der Waals surface area contributed by atoms with Crippen LogP contribution in [-0.2, 0) is 4.79 Å². The molecule has 0 aromatic carbocycles. The Bertz CT molecular complexity index is 728. The largest absolute Gasteiger partial charge is 0.349 e. The van der Waals surface area contributed by atoms with Crippen LogP contribution in [0.2, 0.25) is 0 Å². The van der Waals surface area contributed by atoms with Crippen molar-refractivity contribution in [1.29, 1.82) is 0 Å². The number of likely N-dealkylation sites (N-methyl/N-ethyl adjacent to an activating group) is 1. The Morgan fingerprint density at radius 3 is 2.50 bits per heavy atom. The summed E-state index contributed by atoms with van der Waals surface area (Å²) in [4.78, 5) is 39.0. The van der Waals surface area contributed by atoms with Crippen molar-refractivity contribution in [3.8, 4) is 0 Å². The van der Waals surface area contributed by atoms with Gasteiger partial charge in [-0.05, 0) is 53.0 Å². The quantitative estimate of drug-likeness (QED) is 0.740. The maximum Gasteiger partial charge on any atom is 0.254 e. The van der Waals surface area contributed by atoms with Gasteiger partial charge >= 0.3 is 0 Å². The number of aryl methyl sites for hydroxylation is 1. The molecule has 1 N–H and O–H groups in total. The molecular formula is C23H37N5O2. The third-order valence-electron chi connectivity index (χ3n) is 6.51. The topological polar surface area (TPSA) is 78.4 Å². The monoisotopic (exact) mass is 415 g/mol. The fraction of sp³-hybridized carbons (Fsp3) is 0.739. The first kappa shape index (κ1) is 22.7. The van der Waals surface area contributed by atoms with E-state index in [4.69, 9.17) is 4.98 Å². The van der Waals surface area contributed by atoms with Gasteiger partial charge in [0.05, 0.1) is 23.8 Å². The van der Waals surface area contributed by atoms with Crippen molar-refractivity contribution < 1.29 is 9.59 Å². The van der Waals surface area contributed by atoms with E-state index in [-0.39, 0.29) is 23.9 Å². The van der Waals surface area contributed by atoms with Crippen molar-refractivity contribution in [2.45, 2.75) is 84.2 Å². The van der Waals surface area contributed by atoms with E-state index in [2.05, 4.69) is 15.2 Å². The Morgan fingerprint density at radius 2 is 1.80 bits per heavy atom. The molecule has 7 heteroatoms. The van der Waals surface area contributed by atoms with Gasteiger partial charge in [-0.1, -0.05) is 25.7 Å². The van der Waals surface area contributed by atoms with Gasteiger partial charge in [-0.2, -0.15) is 0 Å². The van der Waals surface area contributed by atoms with Crippen molar-refractivity contribution in [1.82, 2.24) is 25.1 Å². The molecule has 1 aliphatic heterocycles. The Labute approximate surface area is 180 Å². The predicted octanol–water partition coefficient (Wildman–Crippen LogP) is 3.24. The van der Waals surface area contributed by atoms with Crippen LogP contribution in [0.1, 0.15) is 93.1 Å². The molecule has 1 aromatic rings. The first-order valence-electron chi connectivity index (χ1n) is 11.7. The molecular weight excluding hydrogens is 378 g/mol. The number of carbonyl (C=O) groups excluding carboxylic acids is 2. The number of hydrogen-bond acceptors (Lipinski definition) is 5. The van der Waals surface area contributed by atoms with Gasteiger partial charge in [0, 0.05) is 25.3 Å². The SMILES string of the molecule is CCN(CC)C(=O)CN1CCCC[C@@H]1c1nc(C)ncc1C(=O)NC1CCCCC1. The molecule has 2 fully saturated rings. The van der Waals surface area contributed by atoms with Gasteiger partial charge in [-0.3, -0.25) is 14.5 Å². The maximum absolute atomic E-state index is 13.1. The van der Waals surface area contributed by atoms with Gasteiger partial charge in [0.15, 0.2) is 0 Å². The highest BCUT2D eigenvalue weighted by Gasteiger charge is 2.31. The molecule has 0 bridgehead atoms. The van der Waals surface area contributed by atoms with E-state index in [1.54, 1.807) is 6.20 Å². The van der Waals surface area contributed by atoms with Gasteiger partial charge in [-0.25, -0.2) is 9.97 Å². The number of piperidine rings is 1. The second-order valence-corrected chi connectivity index (χ2v) is 8.57. The molecule has 1 saturated heterocycles. The molecule has 0 unspecified atom stereocenters. The zero-order valence-corrected chi connectivity index (χ0v) is 18.8. The number of carbonyl (C=O) groups is 2. The molecule has 1 atom stereocenters. The third-order valence-corrected chi connectivity index (χ3v) is 6.51. The van der Waals surface area contributed by atoms with E-state index in [9.17, 15) is 9.59 Å². The van der Waals surface area contributed by atoms with Crippen molar-refractivity contribution in [2.24, 2.45) is 0 Å². The number of rotatable bonds is 7. The van der Waals surface area contributed by atoms with E-state index in [0.717, 1.165) is 57.4 Å². The highest BCUT2D eigenvalue weighted by atomic mass is 16.2. The Morgan fingerprint density at radius 1 is 1.10 bits per heavy atom. The van der Waals surface area contributed by atoms with E-state index >= 15 is 0 Å². The summed E-state index contributed by atoms with van der Waals surface area (Å²) in [6.07, 6.45) is 10.4. The maximum atomic E-state index is 13.1. The Balaban J connectivity index is 1.81. The van der Waals surface area contributed by atoms with E-state index in [0.29, 0.717) is 17.9 Å². The lowest BCUT2D eigenvalue weighted by Gasteiger charge is -2.36. The fourth-order valence-corrected chi connectivity index (χ4v) is 4.77. The van der Waals surface area contributed by atoms with Crippen LogP contribution in [0.5, 0.6) is 0 Å². The van der Waals surface area contributed by atoms with Crippen LogP contribution in [0.3, 0.4) is 0 Å². The fourth-order valence-electron chi connectivity index (χ4n) is 4.77. The number of hydrogen-bond donors (Lipinski definition) is 1. The number of amides is 2. The van der Waals surface area contributed by atoms with Crippen LogP contribution in [-0.4, -0.2) is 63.8 Å². The Kier molecular flexibility index (Phi) is 8.19. The van der Waals surface area contributed by atoms with E-state index < -0.39 is 0 Å². The number of aromatic nitrogens is 2. The smallest absolute Gasteiger partial charge is 0.254 e. The molecule has 2 amide bonds. The molecule has 1 saturated carbocycles. The minimum absolute atomic E-state index is 0.0212. The van der Waals surface area contributed by atoms with Crippen LogP contribution in [0.25, 0.3) is 0 Å². The summed E-state index contributed by atoms with van der Waals surface area (Å²) in [5, 5.41) is 3.21. The highest BCUT2D eigenvalue weighted by molar-refractivity contribution is 5.95. The molecule has 0 radical (unpaired) electrons. The molecule has 2 aliphatic rings. The summed E-state index contributed by atoms with van der Waals surface area (Å²) in [6, 6.07) is 0.221. The van der Waals surface area contributed by atoms with Crippen LogP contribution < -0.4 is 5.32 Å². The summed E-state index contributed by atoms with van der Waals surface area (Å²) in [5.41, 5.74) is 1.35. The molecule has 0 spiro atoms. The van der Waals surface area contributed by atoms with Gasteiger partial charge in [0.2, 0.25) is 5.91 Å². The van der Waals surface area contributed by atoms with E-state index in [1.807, 2.05) is 25.7 Å². The van der Waals surface area contributed by atoms with Crippen molar-refractivity contribution in [3.63, 3.8) is 0 Å². The van der Waals surface area contributed by atoms with Gasteiger partial charge in [0.1, 0.15) is 5.82 Å². The molecule has 1 aliphatic carbocycles. The van der Waals surface area contributed by atoms with Crippen molar-refractivity contribution in [3.05, 3.63) is 23.3 Å². The predicted molar refractivity (Wildman–Crippen MR) is 117 cm³/mol. The lowest BCUT2D eigenvalue weighted by atomic mass is 9.94. The molecule has 7 nitrogen and oxygen atoms in total. The summed E-state index contributed by atoms with van der Waals surface area (Å²) in [6.45, 7) is 8.54. The normalized spacial score (nSPS) is 20.7. The molecule has 30 heavy (non-hydrogen) atoms. The van der Waals surface area contributed by atoms with E-state index in [1.165, 1.54) is 19.3 Å². The van der Waals surface area contributed by atoms with Gasteiger partial charge in [-0.15, -0.1) is 0 Å². The van der Waals surface area contributed by atoms with Crippen LogP contribution in [0.4, 0.5) is 0 Å². The number of likely N-dealkylation sites (tertiary alicyclic amines) is 1. The van der Waals surface area contributed by atoms with Crippen LogP contribution >= 0.6 is 0 Å².